The topological polar surface area (TPSA) is 69.5 Å². The highest BCUT2D eigenvalue weighted by Crippen LogP contribution is 2.37. The van der Waals surface area contributed by atoms with Crippen molar-refractivity contribution in [1.82, 2.24) is 19.9 Å². The molecule has 1 aromatic carbocycles. The number of aromatic nitrogens is 3. The van der Waals surface area contributed by atoms with Crippen LogP contribution in [-0.2, 0) is 4.74 Å². The Kier molecular flexibility index (Phi) is 4.40. The fourth-order valence-electron chi connectivity index (χ4n) is 3.93. The Morgan fingerprint density at radius 3 is 2.92 bits per heavy atom. The summed E-state index contributed by atoms with van der Waals surface area (Å²) < 4.78 is 13.0. The van der Waals surface area contributed by atoms with Gasteiger partial charge in [-0.3, -0.25) is 4.79 Å². The normalized spacial score (nSPS) is 22.2. The Labute approximate surface area is 152 Å². The summed E-state index contributed by atoms with van der Waals surface area (Å²) in [5, 5.41) is 8.41. The standard InChI is InChI=1S/C19H24N4O3/c1-12-8-13(2)18-15(9-12)17(5-7-26-18)23-11-16(20-21-23)19(24)22-6-4-14(10-22)25-3/h8-9,11,14,17H,4-7,10H2,1-3H3/t14?,17-/m1/s1. The van der Waals surface area contributed by atoms with Crippen molar-refractivity contribution in [2.24, 2.45) is 0 Å². The average Bonchev–Trinajstić information content (AvgIpc) is 3.30. The Balaban J connectivity index is 1.59. The molecule has 3 heterocycles. The number of carbonyl (C=O) groups is 1. The minimum absolute atomic E-state index is 0.0386. The van der Waals surface area contributed by atoms with E-state index < -0.39 is 0 Å². The number of hydrogen-bond donors (Lipinski definition) is 0. The maximum Gasteiger partial charge on any atom is 0.276 e. The molecule has 0 saturated carbocycles. The van der Waals surface area contributed by atoms with Crippen molar-refractivity contribution >= 4 is 5.91 Å². The fourth-order valence-corrected chi connectivity index (χ4v) is 3.93. The van der Waals surface area contributed by atoms with E-state index in [1.165, 1.54) is 5.56 Å². The SMILES string of the molecule is COC1CCN(C(=O)c2cn([C@@H]3CCOc4c(C)cc(C)cc43)nn2)C1. The van der Waals surface area contributed by atoms with Crippen LogP contribution in [0.4, 0.5) is 0 Å². The highest BCUT2D eigenvalue weighted by Gasteiger charge is 2.30. The summed E-state index contributed by atoms with van der Waals surface area (Å²) in [5.74, 6) is 0.848. The second kappa shape index (κ2) is 6.72. The Bertz CT molecular complexity index is 832. The van der Waals surface area contributed by atoms with E-state index in [0.29, 0.717) is 25.4 Å². The van der Waals surface area contributed by atoms with Crippen molar-refractivity contribution in [3.05, 3.63) is 40.7 Å². The largest absolute Gasteiger partial charge is 0.493 e. The Hall–Kier alpha value is -2.41. The lowest BCUT2D eigenvalue weighted by molar-refractivity contribution is 0.0719. The van der Waals surface area contributed by atoms with Gasteiger partial charge < -0.3 is 14.4 Å². The van der Waals surface area contributed by atoms with Crippen LogP contribution in [0.3, 0.4) is 0 Å². The molecule has 1 amide bonds. The summed E-state index contributed by atoms with van der Waals surface area (Å²) in [7, 11) is 1.68. The number of ether oxygens (including phenoxy) is 2. The summed E-state index contributed by atoms with van der Waals surface area (Å²) in [5.41, 5.74) is 3.82. The van der Waals surface area contributed by atoms with E-state index in [9.17, 15) is 4.79 Å². The monoisotopic (exact) mass is 356 g/mol. The van der Waals surface area contributed by atoms with Gasteiger partial charge in [0.05, 0.1) is 24.9 Å². The second-order valence-corrected chi connectivity index (χ2v) is 7.13. The molecule has 2 aliphatic rings. The molecule has 1 fully saturated rings. The molecular formula is C19H24N4O3. The molecule has 26 heavy (non-hydrogen) atoms. The van der Waals surface area contributed by atoms with Crippen molar-refractivity contribution in [2.75, 3.05) is 26.8 Å². The van der Waals surface area contributed by atoms with E-state index in [0.717, 1.165) is 29.7 Å². The van der Waals surface area contributed by atoms with Crippen LogP contribution in [0.1, 0.15) is 46.1 Å². The Morgan fingerprint density at radius 2 is 2.15 bits per heavy atom. The van der Waals surface area contributed by atoms with Crippen LogP contribution in [0.15, 0.2) is 18.3 Å². The molecule has 0 spiro atoms. The lowest BCUT2D eigenvalue weighted by Crippen LogP contribution is -2.30. The van der Waals surface area contributed by atoms with Gasteiger partial charge in [0, 0.05) is 32.2 Å². The first kappa shape index (κ1) is 17.0. The molecule has 7 nitrogen and oxygen atoms in total. The van der Waals surface area contributed by atoms with Crippen molar-refractivity contribution < 1.29 is 14.3 Å². The molecule has 2 aromatic rings. The van der Waals surface area contributed by atoms with Gasteiger partial charge in [-0.05, 0) is 25.8 Å². The zero-order valence-electron chi connectivity index (χ0n) is 15.4. The maximum atomic E-state index is 12.7. The van der Waals surface area contributed by atoms with Gasteiger partial charge in [0.1, 0.15) is 5.75 Å². The highest BCUT2D eigenvalue weighted by atomic mass is 16.5. The van der Waals surface area contributed by atoms with Gasteiger partial charge in [-0.2, -0.15) is 0 Å². The van der Waals surface area contributed by atoms with Crippen LogP contribution in [0.25, 0.3) is 0 Å². The summed E-state index contributed by atoms with van der Waals surface area (Å²) >= 11 is 0. The van der Waals surface area contributed by atoms with Crippen molar-refractivity contribution in [2.45, 2.75) is 38.8 Å². The fraction of sp³-hybridized carbons (Fsp3) is 0.526. The number of aryl methyl sites for hydroxylation is 2. The quantitative estimate of drug-likeness (QED) is 0.843. The maximum absolute atomic E-state index is 12.7. The highest BCUT2D eigenvalue weighted by molar-refractivity contribution is 5.92. The minimum Gasteiger partial charge on any atom is -0.493 e. The van der Waals surface area contributed by atoms with Gasteiger partial charge in [-0.15, -0.1) is 5.10 Å². The van der Waals surface area contributed by atoms with Gasteiger partial charge in [-0.1, -0.05) is 22.9 Å². The molecule has 138 valence electrons. The van der Waals surface area contributed by atoms with Crippen molar-refractivity contribution in [3.63, 3.8) is 0 Å². The Morgan fingerprint density at radius 1 is 1.31 bits per heavy atom. The van der Waals surface area contributed by atoms with Gasteiger partial charge in [0.2, 0.25) is 0 Å². The van der Waals surface area contributed by atoms with Crippen LogP contribution in [0, 0.1) is 13.8 Å². The molecule has 2 aliphatic heterocycles. The van der Waals surface area contributed by atoms with Crippen molar-refractivity contribution in [3.8, 4) is 5.75 Å². The molecule has 0 bridgehead atoms. The number of hydrogen-bond acceptors (Lipinski definition) is 5. The van der Waals surface area contributed by atoms with Gasteiger partial charge in [0.15, 0.2) is 5.69 Å². The molecule has 1 aromatic heterocycles. The molecule has 0 radical (unpaired) electrons. The summed E-state index contributed by atoms with van der Waals surface area (Å²) in [4.78, 5) is 14.5. The molecule has 1 saturated heterocycles. The van der Waals surface area contributed by atoms with Gasteiger partial charge in [-0.25, -0.2) is 4.68 Å². The first-order valence-electron chi connectivity index (χ1n) is 9.04. The van der Waals surface area contributed by atoms with E-state index >= 15 is 0 Å². The summed E-state index contributed by atoms with van der Waals surface area (Å²) in [6, 6.07) is 4.30. The predicted octanol–water partition coefficient (Wildman–Crippen LogP) is 2.13. The lowest BCUT2D eigenvalue weighted by Gasteiger charge is -2.27. The number of likely N-dealkylation sites (tertiary alicyclic amines) is 1. The lowest BCUT2D eigenvalue weighted by atomic mass is 9.96. The van der Waals surface area contributed by atoms with E-state index in [-0.39, 0.29) is 18.1 Å². The second-order valence-electron chi connectivity index (χ2n) is 7.13. The number of nitrogens with zero attached hydrogens (tertiary/aromatic N) is 4. The summed E-state index contributed by atoms with van der Waals surface area (Å²) in [6.45, 7) is 6.08. The first-order chi connectivity index (χ1) is 12.6. The van der Waals surface area contributed by atoms with Crippen molar-refractivity contribution in [1.29, 1.82) is 0 Å². The molecule has 7 heteroatoms. The molecule has 0 aliphatic carbocycles. The predicted molar refractivity (Wildman–Crippen MR) is 95.5 cm³/mol. The zero-order chi connectivity index (χ0) is 18.3. The van der Waals surface area contributed by atoms with E-state index in [1.54, 1.807) is 22.9 Å². The molecule has 0 N–H and O–H groups in total. The third-order valence-electron chi connectivity index (χ3n) is 5.26. The van der Waals surface area contributed by atoms with Crippen LogP contribution >= 0.6 is 0 Å². The van der Waals surface area contributed by atoms with E-state index in [4.69, 9.17) is 9.47 Å². The zero-order valence-corrected chi connectivity index (χ0v) is 15.4. The molecule has 4 rings (SSSR count). The number of rotatable bonds is 3. The first-order valence-corrected chi connectivity index (χ1v) is 9.04. The number of methoxy groups -OCH3 is 1. The number of carbonyl (C=O) groups excluding carboxylic acids is 1. The van der Waals surface area contributed by atoms with Gasteiger partial charge >= 0.3 is 0 Å². The summed E-state index contributed by atoms with van der Waals surface area (Å²) in [6.07, 6.45) is 3.55. The van der Waals surface area contributed by atoms with Gasteiger partial charge in [0.25, 0.3) is 5.91 Å². The average molecular weight is 356 g/mol. The van der Waals surface area contributed by atoms with E-state index in [1.807, 2.05) is 0 Å². The third-order valence-corrected chi connectivity index (χ3v) is 5.26. The minimum atomic E-state index is -0.0801. The smallest absolute Gasteiger partial charge is 0.276 e. The third kappa shape index (κ3) is 2.96. The van der Waals surface area contributed by atoms with Crippen LogP contribution < -0.4 is 4.74 Å². The van der Waals surface area contributed by atoms with Crippen LogP contribution in [0.2, 0.25) is 0 Å². The molecular weight excluding hydrogens is 332 g/mol. The number of fused-ring (bicyclic) bond motifs is 1. The number of benzene rings is 1. The van der Waals surface area contributed by atoms with Crippen LogP contribution in [0.5, 0.6) is 5.75 Å². The van der Waals surface area contributed by atoms with E-state index in [2.05, 4.69) is 36.3 Å². The molecule has 2 atom stereocenters. The van der Waals surface area contributed by atoms with Crippen LogP contribution in [-0.4, -0.2) is 58.7 Å². The number of amides is 1. The molecule has 1 unspecified atom stereocenters.